The predicted molar refractivity (Wildman–Crippen MR) is 109 cm³/mol. The maximum Gasteiger partial charge on any atom is 0.256 e. The van der Waals surface area contributed by atoms with Crippen LogP contribution in [0.15, 0.2) is 24.3 Å². The number of nitrogens with one attached hydrogen (secondary N) is 1. The zero-order valence-corrected chi connectivity index (χ0v) is 18.0. The van der Waals surface area contributed by atoms with Gasteiger partial charge in [-0.1, -0.05) is 41.4 Å². The second-order valence-electron chi connectivity index (χ2n) is 6.93. The third kappa shape index (κ3) is 4.68. The molecule has 7 nitrogen and oxygen atoms in total. The Kier molecular flexibility index (Phi) is 6.34. The molecular formula is C18H22Cl2N4O3S. The number of amides is 1. The summed E-state index contributed by atoms with van der Waals surface area (Å²) in [4.78, 5) is 12.8. The van der Waals surface area contributed by atoms with Crippen molar-refractivity contribution in [2.45, 2.75) is 32.4 Å². The Bertz CT molecular complexity index is 991. The van der Waals surface area contributed by atoms with Gasteiger partial charge in [0.1, 0.15) is 5.15 Å². The Morgan fingerprint density at radius 2 is 2.04 bits per heavy atom. The maximum absolute atomic E-state index is 12.8. The van der Waals surface area contributed by atoms with Crippen molar-refractivity contribution in [3.63, 3.8) is 0 Å². The second kappa shape index (κ2) is 8.41. The summed E-state index contributed by atoms with van der Waals surface area (Å²) in [5.41, 5.74) is 1.65. The summed E-state index contributed by atoms with van der Waals surface area (Å²) in [6.07, 6.45) is 2.58. The number of benzene rings is 1. The van der Waals surface area contributed by atoms with E-state index in [1.54, 1.807) is 13.0 Å². The van der Waals surface area contributed by atoms with Crippen LogP contribution in [0, 0.1) is 6.92 Å². The van der Waals surface area contributed by atoms with Crippen LogP contribution in [0.3, 0.4) is 0 Å². The lowest BCUT2D eigenvalue weighted by Crippen LogP contribution is -2.49. The molecular weight excluding hydrogens is 423 g/mol. The van der Waals surface area contributed by atoms with Crippen LogP contribution in [0.2, 0.25) is 10.2 Å². The minimum Gasteiger partial charge on any atom is -0.348 e. The summed E-state index contributed by atoms with van der Waals surface area (Å²) in [5, 5.41) is 8.10. The van der Waals surface area contributed by atoms with Crippen molar-refractivity contribution in [2.75, 3.05) is 19.3 Å². The second-order valence-corrected chi connectivity index (χ2v) is 9.68. The highest BCUT2D eigenvalue weighted by atomic mass is 35.5. The fraction of sp³-hybridized carbons (Fsp3) is 0.444. The summed E-state index contributed by atoms with van der Waals surface area (Å²) in [5.74, 6) is -0.353. The van der Waals surface area contributed by atoms with Gasteiger partial charge in [0, 0.05) is 24.2 Å². The van der Waals surface area contributed by atoms with Gasteiger partial charge in [0.15, 0.2) is 0 Å². The van der Waals surface area contributed by atoms with Crippen molar-refractivity contribution in [1.29, 1.82) is 0 Å². The van der Waals surface area contributed by atoms with Gasteiger partial charge in [-0.05, 0) is 31.4 Å². The molecule has 0 bridgehead atoms. The van der Waals surface area contributed by atoms with Gasteiger partial charge in [0.2, 0.25) is 10.0 Å². The molecule has 152 valence electrons. The first-order chi connectivity index (χ1) is 13.2. The van der Waals surface area contributed by atoms with E-state index in [4.69, 9.17) is 23.2 Å². The van der Waals surface area contributed by atoms with Crippen LogP contribution in [-0.2, 0) is 16.6 Å². The van der Waals surface area contributed by atoms with E-state index >= 15 is 0 Å². The number of halogens is 2. The molecule has 1 aromatic heterocycles. The topological polar surface area (TPSA) is 84.3 Å². The highest BCUT2D eigenvalue weighted by Gasteiger charge is 2.29. The average Bonchev–Trinajstić information content (AvgIpc) is 2.90. The van der Waals surface area contributed by atoms with E-state index in [1.807, 2.05) is 18.2 Å². The lowest BCUT2D eigenvalue weighted by Gasteiger charge is -2.31. The van der Waals surface area contributed by atoms with Gasteiger partial charge in [-0.3, -0.25) is 4.79 Å². The van der Waals surface area contributed by atoms with Gasteiger partial charge in [-0.25, -0.2) is 17.4 Å². The monoisotopic (exact) mass is 444 g/mol. The largest absolute Gasteiger partial charge is 0.348 e. The van der Waals surface area contributed by atoms with Crippen molar-refractivity contribution in [2.24, 2.45) is 0 Å². The minimum atomic E-state index is -3.28. The fourth-order valence-electron chi connectivity index (χ4n) is 3.32. The van der Waals surface area contributed by atoms with E-state index in [1.165, 1.54) is 15.2 Å². The van der Waals surface area contributed by atoms with Crippen molar-refractivity contribution in [1.82, 2.24) is 19.4 Å². The number of hydrogen-bond acceptors (Lipinski definition) is 4. The smallest absolute Gasteiger partial charge is 0.256 e. The van der Waals surface area contributed by atoms with Gasteiger partial charge >= 0.3 is 0 Å². The molecule has 1 saturated heterocycles. The van der Waals surface area contributed by atoms with Gasteiger partial charge in [-0.15, -0.1) is 0 Å². The van der Waals surface area contributed by atoms with Crippen LogP contribution in [0.1, 0.15) is 34.5 Å². The zero-order valence-electron chi connectivity index (χ0n) is 15.7. The number of aryl methyl sites for hydroxylation is 1. The Balaban J connectivity index is 1.76. The molecule has 1 amide bonds. The van der Waals surface area contributed by atoms with Crippen molar-refractivity contribution >= 4 is 39.1 Å². The predicted octanol–water partition coefficient (Wildman–Crippen LogP) is 2.70. The van der Waals surface area contributed by atoms with Crippen LogP contribution < -0.4 is 5.32 Å². The molecule has 1 aliphatic rings. The highest BCUT2D eigenvalue weighted by molar-refractivity contribution is 7.88. The molecule has 10 heteroatoms. The standard InChI is InChI=1S/C18H22Cl2N4O3S/c1-12-16(17(20)24(22-12)10-13-6-3-4-8-15(13)19)18(25)21-14-7-5-9-23(11-14)28(2,26)27/h3-4,6,8,14H,5,7,9-11H2,1-2H3,(H,21,25). The number of nitrogens with zero attached hydrogens (tertiary/aromatic N) is 3. The first-order valence-electron chi connectivity index (χ1n) is 8.89. The third-order valence-electron chi connectivity index (χ3n) is 4.76. The Labute approximate surface area is 174 Å². The zero-order chi connectivity index (χ0) is 20.5. The van der Waals surface area contributed by atoms with Gasteiger partial charge in [-0.2, -0.15) is 5.10 Å². The van der Waals surface area contributed by atoms with E-state index in [0.717, 1.165) is 5.56 Å². The van der Waals surface area contributed by atoms with E-state index < -0.39 is 10.0 Å². The first-order valence-corrected chi connectivity index (χ1v) is 11.5. The fourth-order valence-corrected chi connectivity index (χ4v) is 4.75. The van der Waals surface area contributed by atoms with Crippen LogP contribution >= 0.6 is 23.2 Å². The van der Waals surface area contributed by atoms with E-state index in [-0.39, 0.29) is 23.6 Å². The molecule has 1 N–H and O–H groups in total. The summed E-state index contributed by atoms with van der Waals surface area (Å²) in [6.45, 7) is 2.79. The van der Waals surface area contributed by atoms with E-state index in [9.17, 15) is 13.2 Å². The van der Waals surface area contributed by atoms with Gasteiger partial charge < -0.3 is 5.32 Å². The summed E-state index contributed by atoms with van der Waals surface area (Å²) >= 11 is 12.6. The van der Waals surface area contributed by atoms with Crippen molar-refractivity contribution in [3.8, 4) is 0 Å². The third-order valence-corrected chi connectivity index (χ3v) is 6.78. The van der Waals surface area contributed by atoms with Crippen LogP contribution in [-0.4, -0.2) is 53.8 Å². The number of aromatic nitrogens is 2. The lowest BCUT2D eigenvalue weighted by atomic mass is 10.1. The van der Waals surface area contributed by atoms with E-state index in [2.05, 4.69) is 10.4 Å². The molecule has 1 aliphatic heterocycles. The highest BCUT2D eigenvalue weighted by Crippen LogP contribution is 2.24. The van der Waals surface area contributed by atoms with Crippen LogP contribution in [0.25, 0.3) is 0 Å². The number of sulfonamides is 1. The normalized spacial score (nSPS) is 18.2. The summed E-state index contributed by atoms with van der Waals surface area (Å²) in [7, 11) is -3.28. The van der Waals surface area contributed by atoms with Crippen molar-refractivity contribution < 1.29 is 13.2 Å². The number of hydrogen-bond donors (Lipinski definition) is 1. The number of carbonyl (C=O) groups is 1. The molecule has 0 saturated carbocycles. The average molecular weight is 445 g/mol. The number of piperidine rings is 1. The molecule has 2 aromatic rings. The van der Waals surface area contributed by atoms with Crippen LogP contribution in [0.4, 0.5) is 0 Å². The molecule has 1 aromatic carbocycles. The Morgan fingerprint density at radius 3 is 2.71 bits per heavy atom. The lowest BCUT2D eigenvalue weighted by molar-refractivity contribution is 0.0921. The SMILES string of the molecule is Cc1nn(Cc2ccccc2Cl)c(Cl)c1C(=O)NC1CCCN(S(C)(=O)=O)C1. The van der Waals surface area contributed by atoms with Crippen molar-refractivity contribution in [3.05, 3.63) is 51.3 Å². The van der Waals surface area contributed by atoms with Gasteiger partial charge in [0.25, 0.3) is 5.91 Å². The Hall–Kier alpha value is -1.61. The summed E-state index contributed by atoms with van der Waals surface area (Å²) < 4.78 is 26.5. The minimum absolute atomic E-state index is 0.227. The van der Waals surface area contributed by atoms with Crippen LogP contribution in [0.5, 0.6) is 0 Å². The molecule has 28 heavy (non-hydrogen) atoms. The number of rotatable bonds is 5. The molecule has 1 unspecified atom stereocenters. The summed E-state index contributed by atoms with van der Waals surface area (Å²) in [6, 6.07) is 7.10. The maximum atomic E-state index is 12.8. The molecule has 3 rings (SSSR count). The molecule has 1 fully saturated rings. The molecule has 0 spiro atoms. The molecule has 2 heterocycles. The first kappa shape index (κ1) is 21.1. The van der Waals surface area contributed by atoms with E-state index in [0.29, 0.717) is 42.2 Å². The molecule has 0 aliphatic carbocycles. The number of carbonyl (C=O) groups excluding carboxylic acids is 1. The molecule has 1 atom stereocenters. The molecule has 0 radical (unpaired) electrons. The Morgan fingerprint density at radius 1 is 1.32 bits per heavy atom. The van der Waals surface area contributed by atoms with Gasteiger partial charge in [0.05, 0.1) is 24.1 Å². The quantitative estimate of drug-likeness (QED) is 0.767.